The minimum atomic E-state index is -0.362. The summed E-state index contributed by atoms with van der Waals surface area (Å²) in [4.78, 5) is 24.8. The second kappa shape index (κ2) is 15.0. The van der Waals surface area contributed by atoms with E-state index in [1.165, 1.54) is 44.1 Å². The molecule has 0 bridgehead atoms. The zero-order valence-electron chi connectivity index (χ0n) is 22.5. The van der Waals surface area contributed by atoms with E-state index in [1.54, 1.807) is 24.3 Å². The number of benzene rings is 3. The Morgan fingerprint density at radius 3 is 1.84 bits per heavy atom. The van der Waals surface area contributed by atoms with Gasteiger partial charge in [0.15, 0.2) is 0 Å². The molecule has 0 heterocycles. The first-order chi connectivity index (χ1) is 18.0. The van der Waals surface area contributed by atoms with Crippen LogP contribution in [0.5, 0.6) is 5.75 Å². The van der Waals surface area contributed by atoms with Crippen LogP contribution in [0.1, 0.15) is 92.0 Å². The summed E-state index contributed by atoms with van der Waals surface area (Å²) < 4.78 is 10.9. The van der Waals surface area contributed by atoms with Gasteiger partial charge in [0.2, 0.25) is 0 Å². The Bertz CT molecular complexity index is 1100. The van der Waals surface area contributed by atoms with Crippen LogP contribution in [0, 0.1) is 5.92 Å². The lowest BCUT2D eigenvalue weighted by Crippen LogP contribution is -2.11. The molecule has 1 atom stereocenters. The lowest BCUT2D eigenvalue weighted by atomic mass is 10.0. The summed E-state index contributed by atoms with van der Waals surface area (Å²) in [6.07, 6.45) is 9.68. The molecule has 0 aliphatic carbocycles. The van der Waals surface area contributed by atoms with Gasteiger partial charge in [-0.1, -0.05) is 95.7 Å². The molecule has 3 aromatic carbocycles. The van der Waals surface area contributed by atoms with E-state index in [1.807, 2.05) is 48.5 Å². The summed E-state index contributed by atoms with van der Waals surface area (Å²) in [6, 6.07) is 22.5. The average Bonchev–Trinajstić information content (AvgIpc) is 2.94. The molecule has 1 unspecified atom stereocenters. The zero-order chi connectivity index (χ0) is 26.5. The van der Waals surface area contributed by atoms with Crippen LogP contribution in [-0.2, 0) is 11.2 Å². The summed E-state index contributed by atoms with van der Waals surface area (Å²) in [6.45, 7) is 6.80. The fourth-order valence-corrected chi connectivity index (χ4v) is 4.02. The highest BCUT2D eigenvalue weighted by Crippen LogP contribution is 2.24. The molecule has 0 fully saturated rings. The Morgan fingerprint density at radius 1 is 0.676 bits per heavy atom. The molecule has 0 radical (unpaired) electrons. The van der Waals surface area contributed by atoms with Crippen LogP contribution >= 0.6 is 0 Å². The number of rotatable bonds is 14. The van der Waals surface area contributed by atoms with E-state index in [0.717, 1.165) is 24.0 Å². The maximum atomic E-state index is 12.6. The average molecular weight is 501 g/mol. The number of unbranched alkanes of at least 4 members (excludes halogenated alkanes) is 5. The van der Waals surface area contributed by atoms with Gasteiger partial charge in [0.25, 0.3) is 0 Å². The Morgan fingerprint density at radius 2 is 1.22 bits per heavy atom. The molecule has 37 heavy (non-hydrogen) atoms. The van der Waals surface area contributed by atoms with Crippen molar-refractivity contribution in [1.29, 1.82) is 0 Å². The van der Waals surface area contributed by atoms with E-state index in [2.05, 4.69) is 20.8 Å². The minimum absolute atomic E-state index is 0.301. The molecule has 0 aromatic heterocycles. The van der Waals surface area contributed by atoms with E-state index >= 15 is 0 Å². The standard InChI is InChI=1S/C33H40O4/c1-4-6-7-8-9-10-11-26-12-14-30(15-13-26)33(35)37-31-22-20-28(21-23-31)27-16-18-29(19-17-27)32(34)36-24-25(3)5-2/h12-23,25H,4-11,24H2,1-3H3. The topological polar surface area (TPSA) is 52.6 Å². The van der Waals surface area contributed by atoms with Crippen molar-refractivity contribution in [1.82, 2.24) is 0 Å². The third-order valence-electron chi connectivity index (χ3n) is 6.72. The third kappa shape index (κ3) is 9.20. The van der Waals surface area contributed by atoms with Gasteiger partial charge in [-0.2, -0.15) is 0 Å². The predicted molar refractivity (Wildman–Crippen MR) is 150 cm³/mol. The fourth-order valence-electron chi connectivity index (χ4n) is 4.02. The van der Waals surface area contributed by atoms with Gasteiger partial charge in [0, 0.05) is 0 Å². The molecule has 3 aromatic rings. The van der Waals surface area contributed by atoms with Gasteiger partial charge in [-0.05, 0) is 71.8 Å². The van der Waals surface area contributed by atoms with Crippen molar-refractivity contribution in [3.05, 3.63) is 89.5 Å². The normalized spacial score (nSPS) is 11.6. The van der Waals surface area contributed by atoms with Crippen LogP contribution in [0.15, 0.2) is 72.8 Å². The van der Waals surface area contributed by atoms with Gasteiger partial charge in [0.05, 0.1) is 17.7 Å². The molecular formula is C33H40O4. The number of carbonyl (C=O) groups excluding carboxylic acids is 2. The van der Waals surface area contributed by atoms with Gasteiger partial charge in [-0.3, -0.25) is 0 Å². The van der Waals surface area contributed by atoms with E-state index in [0.29, 0.717) is 29.4 Å². The summed E-state index contributed by atoms with van der Waals surface area (Å²) >= 11 is 0. The molecule has 4 heteroatoms. The molecule has 0 amide bonds. The molecule has 0 spiro atoms. The van der Waals surface area contributed by atoms with Crippen LogP contribution in [-0.4, -0.2) is 18.5 Å². The van der Waals surface area contributed by atoms with Crippen molar-refractivity contribution >= 4 is 11.9 Å². The lowest BCUT2D eigenvalue weighted by molar-refractivity contribution is 0.0447. The first-order valence-corrected chi connectivity index (χ1v) is 13.7. The van der Waals surface area contributed by atoms with Gasteiger partial charge in [-0.15, -0.1) is 0 Å². The number of hydrogen-bond acceptors (Lipinski definition) is 4. The van der Waals surface area contributed by atoms with Gasteiger partial charge >= 0.3 is 11.9 Å². The van der Waals surface area contributed by atoms with E-state index in [9.17, 15) is 9.59 Å². The monoisotopic (exact) mass is 500 g/mol. The number of aryl methyl sites for hydroxylation is 1. The highest BCUT2D eigenvalue weighted by molar-refractivity contribution is 5.91. The van der Waals surface area contributed by atoms with E-state index in [-0.39, 0.29) is 11.9 Å². The fraction of sp³-hybridized carbons (Fsp3) is 0.394. The summed E-state index contributed by atoms with van der Waals surface area (Å²) in [5, 5.41) is 0. The first-order valence-electron chi connectivity index (χ1n) is 13.7. The molecule has 0 aliphatic rings. The quantitative estimate of drug-likeness (QED) is 0.126. The Labute approximate surface area is 222 Å². The highest BCUT2D eigenvalue weighted by atomic mass is 16.5. The number of hydrogen-bond donors (Lipinski definition) is 0. The first kappa shape index (κ1) is 28.2. The van der Waals surface area contributed by atoms with Crippen molar-refractivity contribution in [3.63, 3.8) is 0 Å². The molecule has 0 aliphatic heterocycles. The molecule has 4 nitrogen and oxygen atoms in total. The van der Waals surface area contributed by atoms with Crippen molar-refractivity contribution in [2.45, 2.75) is 72.1 Å². The van der Waals surface area contributed by atoms with Crippen molar-refractivity contribution in [2.75, 3.05) is 6.61 Å². The number of carbonyl (C=O) groups is 2. The zero-order valence-corrected chi connectivity index (χ0v) is 22.5. The Hall–Kier alpha value is -3.40. The largest absolute Gasteiger partial charge is 0.462 e. The third-order valence-corrected chi connectivity index (χ3v) is 6.72. The van der Waals surface area contributed by atoms with Gasteiger partial charge < -0.3 is 9.47 Å². The van der Waals surface area contributed by atoms with Crippen LogP contribution in [0.25, 0.3) is 11.1 Å². The number of ether oxygens (including phenoxy) is 2. The molecule has 196 valence electrons. The summed E-state index contributed by atoms with van der Waals surface area (Å²) in [5.41, 5.74) is 4.28. The maximum absolute atomic E-state index is 12.6. The number of esters is 2. The predicted octanol–water partition coefficient (Wildman–Crippen LogP) is 8.68. The smallest absolute Gasteiger partial charge is 0.343 e. The van der Waals surface area contributed by atoms with Gasteiger partial charge in [-0.25, -0.2) is 9.59 Å². The van der Waals surface area contributed by atoms with Crippen LogP contribution in [0.4, 0.5) is 0 Å². The molecule has 0 saturated carbocycles. The van der Waals surface area contributed by atoms with Crippen molar-refractivity contribution in [2.24, 2.45) is 5.92 Å². The summed E-state index contributed by atoms with van der Waals surface area (Å²) in [7, 11) is 0. The van der Waals surface area contributed by atoms with Crippen LogP contribution < -0.4 is 4.74 Å². The van der Waals surface area contributed by atoms with Crippen molar-refractivity contribution in [3.8, 4) is 16.9 Å². The van der Waals surface area contributed by atoms with Crippen LogP contribution in [0.2, 0.25) is 0 Å². The summed E-state index contributed by atoms with van der Waals surface area (Å²) in [5.74, 6) is 0.184. The van der Waals surface area contributed by atoms with Gasteiger partial charge in [0.1, 0.15) is 5.75 Å². The molecule has 0 N–H and O–H groups in total. The van der Waals surface area contributed by atoms with Crippen molar-refractivity contribution < 1.29 is 19.1 Å². The second-order valence-electron chi connectivity index (χ2n) is 9.82. The highest BCUT2D eigenvalue weighted by Gasteiger charge is 2.11. The molecular weight excluding hydrogens is 460 g/mol. The molecule has 0 saturated heterocycles. The lowest BCUT2D eigenvalue weighted by Gasteiger charge is -2.10. The van der Waals surface area contributed by atoms with E-state index < -0.39 is 0 Å². The Balaban J connectivity index is 1.49. The van der Waals surface area contributed by atoms with Crippen LogP contribution in [0.3, 0.4) is 0 Å². The molecule has 3 rings (SSSR count). The minimum Gasteiger partial charge on any atom is -0.462 e. The maximum Gasteiger partial charge on any atom is 0.343 e. The Kier molecular flexibility index (Phi) is 11.4. The van der Waals surface area contributed by atoms with E-state index in [4.69, 9.17) is 9.47 Å². The SMILES string of the molecule is CCCCCCCCc1ccc(C(=O)Oc2ccc(-c3ccc(C(=O)OCC(C)CC)cc3)cc2)cc1. The second-order valence-corrected chi connectivity index (χ2v) is 9.82.